The van der Waals surface area contributed by atoms with Gasteiger partial charge in [0.25, 0.3) is 0 Å². The quantitative estimate of drug-likeness (QED) is 0.0506. The summed E-state index contributed by atoms with van der Waals surface area (Å²) in [6.45, 7) is 29.0. The maximum Gasteiger partial charge on any atom is 0.0781 e. The van der Waals surface area contributed by atoms with Gasteiger partial charge in [-0.25, -0.2) is 0 Å². The predicted octanol–water partition coefficient (Wildman–Crippen LogP) is 1.59. The molecule has 19 heteroatoms. The molecule has 0 saturated carbocycles. The van der Waals surface area contributed by atoms with Gasteiger partial charge in [0, 0.05) is 36.3 Å². The number of nitrogens with two attached hydrogens (primary N) is 6. The summed E-state index contributed by atoms with van der Waals surface area (Å²) in [5.74, 6) is 0. The second kappa shape index (κ2) is 38.0. The van der Waals surface area contributed by atoms with Crippen LogP contribution in [0.25, 0.3) is 0 Å². The largest absolute Gasteiger partial charge is 0.380 e. The van der Waals surface area contributed by atoms with Gasteiger partial charge in [-0.05, 0) is 83.1 Å². The zero-order chi connectivity index (χ0) is 49.3. The van der Waals surface area contributed by atoms with E-state index < -0.39 is 10.8 Å². The van der Waals surface area contributed by atoms with E-state index in [1.54, 1.807) is 0 Å². The van der Waals surface area contributed by atoms with Crippen molar-refractivity contribution in [1.29, 1.82) is 0 Å². The van der Waals surface area contributed by atoms with Crippen molar-refractivity contribution in [3.05, 3.63) is 0 Å². The Morgan fingerprint density at radius 2 is 0.369 bits per heavy atom. The number of hydrogen-bond acceptors (Lipinski definition) is 19. The third-order valence-electron chi connectivity index (χ3n) is 9.24. The Balaban J connectivity index is 6.80. The minimum absolute atomic E-state index is 0.108. The monoisotopic (exact) mass is 945 g/mol. The van der Waals surface area contributed by atoms with Crippen molar-refractivity contribution >= 4 is 0 Å². The van der Waals surface area contributed by atoms with Crippen LogP contribution in [0.15, 0.2) is 0 Å². The van der Waals surface area contributed by atoms with E-state index in [9.17, 15) is 0 Å². The van der Waals surface area contributed by atoms with Gasteiger partial charge in [-0.1, -0.05) is 0 Å². The Morgan fingerprint density at radius 1 is 0.231 bits per heavy atom. The van der Waals surface area contributed by atoms with Crippen molar-refractivity contribution in [2.45, 2.75) is 156 Å². The van der Waals surface area contributed by atoms with Crippen LogP contribution >= 0.6 is 0 Å². The van der Waals surface area contributed by atoms with Crippen LogP contribution in [-0.4, -0.2) is 205 Å². The molecule has 65 heavy (non-hydrogen) atoms. The lowest BCUT2D eigenvalue weighted by molar-refractivity contribution is -0.161. The molecule has 0 rings (SSSR count). The van der Waals surface area contributed by atoms with Crippen molar-refractivity contribution in [2.75, 3.05) is 132 Å². The van der Waals surface area contributed by atoms with Crippen molar-refractivity contribution in [1.82, 2.24) is 0 Å². The van der Waals surface area contributed by atoms with Crippen LogP contribution < -0.4 is 34.4 Å². The van der Waals surface area contributed by atoms with Gasteiger partial charge < -0.3 is 96.0 Å². The molecule has 0 bridgehead atoms. The first-order chi connectivity index (χ1) is 30.6. The molecular formula is C46H100N6O13. The fourth-order valence-electron chi connectivity index (χ4n) is 5.82. The fraction of sp³-hybridized carbons (Fsp3) is 1.00. The molecule has 12 atom stereocenters. The lowest BCUT2D eigenvalue weighted by Gasteiger charge is -2.37. The zero-order valence-corrected chi connectivity index (χ0v) is 42.8. The van der Waals surface area contributed by atoms with Crippen LogP contribution in [0.3, 0.4) is 0 Å². The maximum absolute atomic E-state index is 6.82. The summed E-state index contributed by atoms with van der Waals surface area (Å²) < 4.78 is 80.7. The van der Waals surface area contributed by atoms with Crippen molar-refractivity contribution in [2.24, 2.45) is 45.2 Å². The highest BCUT2D eigenvalue weighted by molar-refractivity contribution is 4.84. The zero-order valence-electron chi connectivity index (χ0n) is 42.8. The highest BCUT2D eigenvalue weighted by atomic mass is 16.6. The van der Waals surface area contributed by atoms with Gasteiger partial charge in [0.1, 0.15) is 0 Å². The van der Waals surface area contributed by atoms with Crippen LogP contribution in [0.1, 0.15) is 83.1 Å². The smallest absolute Gasteiger partial charge is 0.0781 e. The third kappa shape index (κ3) is 37.8. The molecule has 12 unspecified atom stereocenters. The average Bonchev–Trinajstić information content (AvgIpc) is 3.21. The van der Waals surface area contributed by atoms with Gasteiger partial charge in [0.15, 0.2) is 0 Å². The second-order valence-electron chi connectivity index (χ2n) is 19.3. The average molecular weight is 945 g/mol. The first-order valence-electron chi connectivity index (χ1n) is 23.8. The molecule has 0 aromatic rings. The van der Waals surface area contributed by atoms with Crippen LogP contribution in [0.2, 0.25) is 0 Å². The van der Waals surface area contributed by atoms with E-state index in [2.05, 4.69) is 0 Å². The minimum atomic E-state index is -0.805. The Labute approximate surface area is 394 Å². The first-order valence-corrected chi connectivity index (χ1v) is 23.8. The van der Waals surface area contributed by atoms with Crippen LogP contribution in [0.4, 0.5) is 0 Å². The normalized spacial score (nSPS) is 19.8. The van der Waals surface area contributed by atoms with Gasteiger partial charge in [-0.2, -0.15) is 0 Å². The molecule has 12 N–H and O–H groups in total. The molecule has 19 nitrogen and oxygen atoms in total. The summed E-state index contributed by atoms with van der Waals surface area (Å²) >= 11 is 0. The Bertz CT molecular complexity index is 885. The molecule has 0 saturated heterocycles. The molecule has 392 valence electrons. The SMILES string of the molecule is CC(N)COC(C)COCC(COCC(C)OCC(C)N)(COCC(C)OCC(C)N)COCC(COCC(C)OCC(C)N)(COCC(C)OCC(C)N)COCC(C)OCC(C)N. The van der Waals surface area contributed by atoms with Gasteiger partial charge in [0.05, 0.1) is 180 Å². The molecule has 0 aliphatic heterocycles. The third-order valence-corrected chi connectivity index (χ3v) is 9.24. The standard InChI is InChI=1S/C46H100N6O13/c1-33(47)13-60-39(7)19-53-25-45(26-54-20-40(8)61-14-34(2)48,27-55-21-41(9)62-15-35(3)49)31-59-32-46(28-56-22-42(10)63-16-36(4)50,29-57-23-43(11)64-17-37(5)51)30-58-24-44(12)65-18-38(6)52/h33-44H,13-32,47-52H2,1-12H3. The van der Waals surface area contributed by atoms with E-state index in [1.807, 2.05) is 83.1 Å². The molecule has 0 aliphatic carbocycles. The molecule has 0 amide bonds. The van der Waals surface area contributed by atoms with Gasteiger partial charge in [0.2, 0.25) is 0 Å². The molecule has 0 spiro atoms. The number of rotatable bonds is 46. The molecule has 0 aromatic heterocycles. The molecule has 0 fully saturated rings. The Morgan fingerprint density at radius 3 is 0.508 bits per heavy atom. The maximum atomic E-state index is 6.82. The summed E-state index contributed by atoms with van der Waals surface area (Å²) in [4.78, 5) is 0. The highest BCUT2D eigenvalue weighted by Crippen LogP contribution is 2.26. The van der Waals surface area contributed by atoms with E-state index in [0.717, 1.165) is 0 Å². The Hall–Kier alpha value is -0.760. The highest BCUT2D eigenvalue weighted by Gasteiger charge is 2.38. The van der Waals surface area contributed by atoms with Crippen LogP contribution in [0.5, 0.6) is 0 Å². The summed E-state index contributed by atoms with van der Waals surface area (Å²) in [7, 11) is 0. The summed E-state index contributed by atoms with van der Waals surface area (Å²) in [5, 5.41) is 0. The van der Waals surface area contributed by atoms with Crippen molar-refractivity contribution < 1.29 is 61.6 Å². The molecule has 0 aromatic carbocycles. The summed E-state index contributed by atoms with van der Waals surface area (Å²) in [6, 6.07) is -0.650. The lowest BCUT2D eigenvalue weighted by atomic mass is 9.90. The van der Waals surface area contributed by atoms with Crippen molar-refractivity contribution in [3.8, 4) is 0 Å². The topological polar surface area (TPSA) is 276 Å². The number of hydrogen-bond donors (Lipinski definition) is 6. The van der Waals surface area contributed by atoms with Gasteiger partial charge >= 0.3 is 0 Å². The molecular weight excluding hydrogens is 845 g/mol. The first kappa shape index (κ1) is 64.2. The van der Waals surface area contributed by atoms with E-state index >= 15 is 0 Å². The minimum Gasteiger partial charge on any atom is -0.380 e. The fourth-order valence-corrected chi connectivity index (χ4v) is 5.82. The van der Waals surface area contributed by atoms with E-state index in [0.29, 0.717) is 79.3 Å². The van der Waals surface area contributed by atoms with Gasteiger partial charge in [-0.15, -0.1) is 0 Å². The molecule has 0 heterocycles. The van der Waals surface area contributed by atoms with Crippen molar-refractivity contribution in [3.63, 3.8) is 0 Å². The summed E-state index contributed by atoms with van der Waals surface area (Å²) in [6.07, 6.45) is -1.27. The predicted molar refractivity (Wildman–Crippen MR) is 255 cm³/mol. The Kier molecular flexibility index (Phi) is 37.6. The van der Waals surface area contributed by atoms with Crippen LogP contribution in [0, 0.1) is 10.8 Å². The van der Waals surface area contributed by atoms with E-state index in [1.165, 1.54) is 0 Å². The summed E-state index contributed by atoms with van der Waals surface area (Å²) in [5.41, 5.74) is 34.2. The lowest BCUT2D eigenvalue weighted by Crippen LogP contribution is -2.47. The molecule has 0 radical (unpaired) electrons. The van der Waals surface area contributed by atoms with Gasteiger partial charge in [-0.3, -0.25) is 0 Å². The molecule has 0 aliphatic rings. The van der Waals surface area contributed by atoms with E-state index in [4.69, 9.17) is 96.0 Å². The van der Waals surface area contributed by atoms with E-state index in [-0.39, 0.29) is 126 Å². The number of ether oxygens (including phenoxy) is 13. The second-order valence-corrected chi connectivity index (χ2v) is 19.3. The van der Waals surface area contributed by atoms with Crippen LogP contribution in [-0.2, 0) is 61.6 Å².